The van der Waals surface area contributed by atoms with E-state index in [2.05, 4.69) is 0 Å². The summed E-state index contributed by atoms with van der Waals surface area (Å²) in [6.07, 6.45) is -0.502. The third-order valence-electron chi connectivity index (χ3n) is 3.65. The summed E-state index contributed by atoms with van der Waals surface area (Å²) in [5.74, 6) is -0.446. The van der Waals surface area contributed by atoms with E-state index in [0.717, 1.165) is 0 Å². The van der Waals surface area contributed by atoms with Gasteiger partial charge in [0.1, 0.15) is 11.5 Å². The van der Waals surface area contributed by atoms with Crippen molar-refractivity contribution in [2.24, 2.45) is 0 Å². The Hall–Kier alpha value is -1.50. The lowest BCUT2D eigenvalue weighted by Gasteiger charge is -2.24. The molecular weight excluding hydrogens is 351 g/mol. The zero-order valence-corrected chi connectivity index (χ0v) is 14.6. The van der Waals surface area contributed by atoms with Crippen molar-refractivity contribution in [2.75, 3.05) is 0 Å². The number of aliphatic hydroxyl groups excluding tert-OH is 1. The highest BCUT2D eigenvalue weighted by molar-refractivity contribution is 8.54. The first kappa shape index (κ1) is 18.8. The van der Waals surface area contributed by atoms with Gasteiger partial charge in [-0.2, -0.15) is 0 Å². The molecule has 0 saturated heterocycles. The predicted octanol–water partition coefficient (Wildman–Crippen LogP) is 3.51. The van der Waals surface area contributed by atoms with Crippen molar-refractivity contribution in [3.8, 4) is 11.5 Å². The lowest BCUT2D eigenvalue weighted by molar-refractivity contribution is 0.139. The normalized spacial score (nSPS) is 14.3. The average molecular weight is 370 g/mol. The van der Waals surface area contributed by atoms with Crippen LogP contribution in [-0.2, 0) is 4.57 Å². The number of aliphatic hydroxyl groups is 1. The molecule has 2 rings (SSSR count). The van der Waals surface area contributed by atoms with E-state index in [1.807, 2.05) is 6.92 Å². The Kier molecular flexibility index (Phi) is 5.96. The van der Waals surface area contributed by atoms with E-state index in [0.29, 0.717) is 28.9 Å². The van der Waals surface area contributed by atoms with Crippen molar-refractivity contribution in [3.05, 3.63) is 53.6 Å². The SMILES string of the molecule is CCC(c1cccc(O)c1)C(O)c1ccc(O)cc1SP(=O)(O)O. The highest BCUT2D eigenvalue weighted by Gasteiger charge is 2.27. The van der Waals surface area contributed by atoms with Crippen LogP contribution in [0, 0.1) is 0 Å². The Morgan fingerprint density at radius 2 is 1.75 bits per heavy atom. The highest BCUT2D eigenvalue weighted by Crippen LogP contribution is 2.57. The summed E-state index contributed by atoms with van der Waals surface area (Å²) in [7, 11) is 0. The zero-order chi connectivity index (χ0) is 17.9. The van der Waals surface area contributed by atoms with Crippen molar-refractivity contribution in [1.82, 2.24) is 0 Å². The third-order valence-corrected chi connectivity index (χ3v) is 5.74. The molecule has 0 spiro atoms. The summed E-state index contributed by atoms with van der Waals surface area (Å²) < 4.78 is 11.3. The molecule has 8 heteroatoms. The smallest absolute Gasteiger partial charge is 0.388 e. The minimum absolute atomic E-state index is 0.0775. The van der Waals surface area contributed by atoms with Crippen LogP contribution in [0.5, 0.6) is 11.5 Å². The standard InChI is InChI=1S/C16H19O6PS/c1-2-13(10-4-3-5-11(17)8-10)16(19)14-7-6-12(18)9-15(14)24-23(20,21)22/h3-9,13,16-19H,2H2,1H3,(H2,20,21,22). The van der Waals surface area contributed by atoms with E-state index in [1.54, 1.807) is 18.2 Å². The van der Waals surface area contributed by atoms with Gasteiger partial charge in [0, 0.05) is 10.8 Å². The van der Waals surface area contributed by atoms with Gasteiger partial charge >= 0.3 is 6.80 Å². The number of benzene rings is 2. The molecule has 0 aromatic heterocycles. The maximum Gasteiger partial charge on any atom is 0.388 e. The first-order chi connectivity index (χ1) is 11.2. The third kappa shape index (κ3) is 4.75. The lowest BCUT2D eigenvalue weighted by atomic mass is 9.87. The van der Waals surface area contributed by atoms with Crippen molar-refractivity contribution in [1.29, 1.82) is 0 Å². The van der Waals surface area contributed by atoms with E-state index in [1.165, 1.54) is 24.3 Å². The van der Waals surface area contributed by atoms with Crippen LogP contribution in [0.1, 0.15) is 36.5 Å². The molecule has 0 radical (unpaired) electrons. The number of phenols is 2. The Labute approximate surface area is 143 Å². The van der Waals surface area contributed by atoms with E-state index >= 15 is 0 Å². The Morgan fingerprint density at radius 1 is 1.08 bits per heavy atom. The number of phenolic OH excluding ortho intramolecular Hbond substituents is 2. The second-order valence-corrected chi connectivity index (χ2v) is 8.94. The van der Waals surface area contributed by atoms with Crippen LogP contribution in [-0.4, -0.2) is 25.1 Å². The van der Waals surface area contributed by atoms with Crippen LogP contribution in [0.2, 0.25) is 0 Å². The van der Waals surface area contributed by atoms with E-state index < -0.39 is 12.9 Å². The summed E-state index contributed by atoms with van der Waals surface area (Å²) in [5.41, 5.74) is 1.03. The minimum Gasteiger partial charge on any atom is -0.508 e. The maximum atomic E-state index is 11.3. The molecule has 5 N–H and O–H groups in total. The van der Waals surface area contributed by atoms with E-state index in [-0.39, 0.29) is 22.3 Å². The molecule has 0 aliphatic rings. The molecule has 0 fully saturated rings. The summed E-state index contributed by atoms with van der Waals surface area (Å²) in [6, 6.07) is 10.5. The number of aromatic hydroxyl groups is 2. The quantitative estimate of drug-likeness (QED) is 0.494. The fraction of sp³-hybridized carbons (Fsp3) is 0.250. The molecule has 24 heavy (non-hydrogen) atoms. The Morgan fingerprint density at radius 3 is 2.33 bits per heavy atom. The molecule has 2 atom stereocenters. The Balaban J connectivity index is 2.43. The molecule has 0 aliphatic heterocycles. The van der Waals surface area contributed by atoms with Crippen LogP contribution < -0.4 is 0 Å². The van der Waals surface area contributed by atoms with Gasteiger partial charge in [0.2, 0.25) is 0 Å². The van der Waals surface area contributed by atoms with Gasteiger partial charge < -0.3 is 25.1 Å². The number of hydrogen-bond acceptors (Lipinski definition) is 5. The van der Waals surface area contributed by atoms with Crippen molar-refractivity contribution in [2.45, 2.75) is 30.3 Å². The summed E-state index contributed by atoms with van der Waals surface area (Å²) >= 11 is 0.293. The first-order valence-corrected chi connectivity index (χ1v) is 10.3. The first-order valence-electron chi connectivity index (χ1n) is 7.26. The predicted molar refractivity (Wildman–Crippen MR) is 92.1 cm³/mol. The van der Waals surface area contributed by atoms with Gasteiger partial charge in [-0.1, -0.05) is 25.1 Å². The molecule has 130 valence electrons. The summed E-state index contributed by atoms with van der Waals surface area (Å²) in [4.78, 5) is 18.5. The monoisotopic (exact) mass is 370 g/mol. The van der Waals surface area contributed by atoms with Gasteiger partial charge in [-0.05, 0) is 53.2 Å². The molecule has 6 nitrogen and oxygen atoms in total. The molecule has 0 bridgehead atoms. The summed E-state index contributed by atoms with van der Waals surface area (Å²) in [6.45, 7) is -2.57. The molecule has 0 aliphatic carbocycles. The molecule has 2 aromatic rings. The van der Waals surface area contributed by atoms with Crippen LogP contribution in [0.15, 0.2) is 47.4 Å². The van der Waals surface area contributed by atoms with Crippen LogP contribution >= 0.6 is 18.2 Å². The van der Waals surface area contributed by atoms with E-state index in [4.69, 9.17) is 0 Å². The van der Waals surface area contributed by atoms with Crippen molar-refractivity contribution in [3.63, 3.8) is 0 Å². The fourth-order valence-corrected chi connectivity index (χ4v) is 4.55. The fourth-order valence-electron chi connectivity index (χ4n) is 2.59. The molecule has 0 heterocycles. The molecule has 2 aromatic carbocycles. The van der Waals surface area contributed by atoms with Gasteiger partial charge in [-0.15, -0.1) is 0 Å². The molecule has 2 unspecified atom stereocenters. The van der Waals surface area contributed by atoms with Gasteiger partial charge in [0.05, 0.1) is 6.10 Å². The molecule has 0 amide bonds. The zero-order valence-electron chi connectivity index (χ0n) is 12.9. The van der Waals surface area contributed by atoms with Gasteiger partial charge in [-0.25, -0.2) is 4.57 Å². The average Bonchev–Trinajstić information content (AvgIpc) is 2.46. The maximum absolute atomic E-state index is 11.3. The van der Waals surface area contributed by atoms with Crippen LogP contribution in [0.25, 0.3) is 0 Å². The number of rotatable bonds is 6. The summed E-state index contributed by atoms with van der Waals surface area (Å²) in [5, 5.41) is 30.0. The minimum atomic E-state index is -4.44. The van der Waals surface area contributed by atoms with Crippen LogP contribution in [0.3, 0.4) is 0 Å². The van der Waals surface area contributed by atoms with Gasteiger partial charge in [-0.3, -0.25) is 0 Å². The van der Waals surface area contributed by atoms with Crippen LogP contribution in [0.4, 0.5) is 0 Å². The van der Waals surface area contributed by atoms with Gasteiger partial charge in [0.15, 0.2) is 0 Å². The Bertz CT molecular complexity index is 760. The van der Waals surface area contributed by atoms with E-state index in [9.17, 15) is 29.7 Å². The topological polar surface area (TPSA) is 118 Å². The molecular formula is C16H19O6PS. The second kappa shape index (κ2) is 7.59. The highest BCUT2D eigenvalue weighted by atomic mass is 32.7. The second-order valence-electron chi connectivity index (χ2n) is 5.36. The number of hydrogen-bond donors (Lipinski definition) is 5. The van der Waals surface area contributed by atoms with Gasteiger partial charge in [0.25, 0.3) is 0 Å². The molecule has 0 saturated carbocycles. The largest absolute Gasteiger partial charge is 0.508 e. The lowest BCUT2D eigenvalue weighted by Crippen LogP contribution is -2.11. The van der Waals surface area contributed by atoms with Crippen molar-refractivity contribution < 1.29 is 29.7 Å². The van der Waals surface area contributed by atoms with Crippen molar-refractivity contribution >= 4 is 18.2 Å².